The Balaban J connectivity index is 1.66. The number of carbonyl (C=O) groups excluding carboxylic acids is 2. The van der Waals surface area contributed by atoms with Gasteiger partial charge in [-0.25, -0.2) is 12.8 Å². The van der Waals surface area contributed by atoms with Gasteiger partial charge in [0.1, 0.15) is 16.5 Å². The molecule has 0 radical (unpaired) electrons. The zero-order valence-electron chi connectivity index (χ0n) is 19.3. The Hall–Kier alpha value is -2.98. The molecule has 2 aromatic rings. The summed E-state index contributed by atoms with van der Waals surface area (Å²) in [7, 11) is -4.23. The molecule has 1 heterocycles. The van der Waals surface area contributed by atoms with E-state index in [0.29, 0.717) is 17.7 Å². The van der Waals surface area contributed by atoms with Crippen LogP contribution in [0.5, 0.6) is 5.75 Å². The monoisotopic (exact) mass is 491 g/mol. The van der Waals surface area contributed by atoms with Crippen molar-refractivity contribution in [1.29, 1.82) is 0 Å². The summed E-state index contributed by atoms with van der Waals surface area (Å²) in [5, 5.41) is 2.82. The molecule has 34 heavy (non-hydrogen) atoms. The second kappa shape index (κ2) is 11.4. The Morgan fingerprint density at radius 3 is 2.41 bits per heavy atom. The minimum Gasteiger partial charge on any atom is -0.483 e. The number of carbonyl (C=O) groups is 2. The van der Waals surface area contributed by atoms with E-state index in [1.54, 1.807) is 29.2 Å². The molecular weight excluding hydrogens is 461 g/mol. The first kappa shape index (κ1) is 25.6. The fourth-order valence-electron chi connectivity index (χ4n) is 3.81. The van der Waals surface area contributed by atoms with Crippen LogP contribution in [0.15, 0.2) is 53.4 Å². The number of ether oxygens (including phenoxy) is 1. The van der Waals surface area contributed by atoms with Crippen molar-refractivity contribution in [2.45, 2.75) is 50.1 Å². The number of hydrogen-bond acceptors (Lipinski definition) is 5. The lowest BCUT2D eigenvalue weighted by atomic mass is 10.0. The van der Waals surface area contributed by atoms with E-state index in [0.717, 1.165) is 38.1 Å². The summed E-state index contributed by atoms with van der Waals surface area (Å²) in [5.41, 5.74) is 0.678. The van der Waals surface area contributed by atoms with Crippen LogP contribution in [0.2, 0.25) is 0 Å². The van der Waals surface area contributed by atoms with Crippen LogP contribution >= 0.6 is 0 Å². The highest BCUT2D eigenvalue weighted by Gasteiger charge is 2.27. The fraction of sp³-hybridized carbons (Fsp3) is 0.417. The lowest BCUT2D eigenvalue weighted by molar-refractivity contribution is -0.132. The lowest BCUT2D eigenvalue weighted by Gasteiger charge is -2.23. The average molecular weight is 492 g/mol. The number of rotatable bonds is 10. The first-order chi connectivity index (χ1) is 16.2. The van der Waals surface area contributed by atoms with Crippen LogP contribution in [-0.2, 0) is 19.6 Å². The van der Waals surface area contributed by atoms with Gasteiger partial charge in [0.2, 0.25) is 15.9 Å². The van der Waals surface area contributed by atoms with Gasteiger partial charge in [-0.2, -0.15) is 4.72 Å². The van der Waals surface area contributed by atoms with Gasteiger partial charge in [-0.3, -0.25) is 9.59 Å². The molecule has 8 nitrogen and oxygen atoms in total. The zero-order chi connectivity index (χ0) is 24.7. The Kier molecular flexibility index (Phi) is 8.62. The minimum absolute atomic E-state index is 0.0828. The zero-order valence-corrected chi connectivity index (χ0v) is 20.1. The topological polar surface area (TPSA) is 105 Å². The van der Waals surface area contributed by atoms with Crippen molar-refractivity contribution < 1.29 is 27.1 Å². The van der Waals surface area contributed by atoms with E-state index < -0.39 is 38.7 Å². The van der Waals surface area contributed by atoms with Crippen molar-refractivity contribution in [3.05, 3.63) is 59.9 Å². The van der Waals surface area contributed by atoms with Crippen LogP contribution in [0.4, 0.5) is 4.39 Å². The molecule has 0 aromatic heterocycles. The van der Waals surface area contributed by atoms with E-state index in [9.17, 15) is 22.4 Å². The van der Waals surface area contributed by atoms with Crippen LogP contribution in [0.1, 0.15) is 44.7 Å². The number of sulfonamides is 1. The van der Waals surface area contributed by atoms with Crippen molar-refractivity contribution in [3.8, 4) is 5.75 Å². The molecular formula is C24H30FN3O5S. The average Bonchev–Trinajstić information content (AvgIpc) is 3.36. The largest absolute Gasteiger partial charge is 0.483 e. The van der Waals surface area contributed by atoms with Crippen molar-refractivity contribution in [3.63, 3.8) is 0 Å². The van der Waals surface area contributed by atoms with E-state index in [4.69, 9.17) is 4.74 Å². The predicted molar refractivity (Wildman–Crippen MR) is 125 cm³/mol. The van der Waals surface area contributed by atoms with Gasteiger partial charge in [0.15, 0.2) is 6.61 Å². The number of likely N-dealkylation sites (tertiary alicyclic amines) is 1. The fourth-order valence-corrected chi connectivity index (χ4v) is 5.09. The van der Waals surface area contributed by atoms with Gasteiger partial charge in [-0.05, 0) is 44.4 Å². The summed E-state index contributed by atoms with van der Waals surface area (Å²) >= 11 is 0. The maximum absolute atomic E-state index is 13.9. The molecule has 184 valence electrons. The highest BCUT2D eigenvalue weighted by atomic mass is 32.2. The molecule has 1 aliphatic heterocycles. The molecule has 2 aromatic carbocycles. The Labute approximate surface area is 199 Å². The summed E-state index contributed by atoms with van der Waals surface area (Å²) < 4.78 is 47.0. The van der Waals surface area contributed by atoms with E-state index in [1.165, 1.54) is 19.1 Å². The molecule has 2 atom stereocenters. The maximum Gasteiger partial charge on any atom is 0.260 e. The molecule has 0 saturated carbocycles. The van der Waals surface area contributed by atoms with Crippen molar-refractivity contribution in [2.75, 3.05) is 19.7 Å². The Morgan fingerprint density at radius 2 is 1.74 bits per heavy atom. The number of halogens is 1. The molecule has 1 aliphatic rings. The van der Waals surface area contributed by atoms with Gasteiger partial charge in [0, 0.05) is 18.7 Å². The standard InChI is InChI=1S/C24H30FN3O5S/c1-3-20(18-10-4-6-12-21(18)33-16-23(29)28-14-8-9-15-28)26-24(30)17(2)27-34(31,32)22-13-7-5-11-19(22)25/h4-7,10-13,17,20,27H,3,8-9,14-16H2,1-2H3,(H,26,30)/t17-,20?/m0/s1. The van der Waals surface area contributed by atoms with E-state index in [-0.39, 0.29) is 12.5 Å². The SMILES string of the molecule is CCC(NC(=O)[C@H](C)NS(=O)(=O)c1ccccc1F)c1ccccc1OCC(=O)N1CCCC1. The molecule has 2 N–H and O–H groups in total. The summed E-state index contributed by atoms with van der Waals surface area (Å²) in [6.45, 7) is 4.62. The second-order valence-corrected chi connectivity index (χ2v) is 9.84. The highest BCUT2D eigenvalue weighted by Crippen LogP contribution is 2.27. The molecule has 1 saturated heterocycles. The molecule has 0 aliphatic carbocycles. The normalized spacial score (nSPS) is 15.6. The molecule has 0 bridgehead atoms. The number of hydrogen-bond donors (Lipinski definition) is 2. The van der Waals surface area contributed by atoms with E-state index in [1.807, 2.05) is 6.92 Å². The summed E-state index contributed by atoms with van der Waals surface area (Å²) in [4.78, 5) is 26.4. The van der Waals surface area contributed by atoms with E-state index >= 15 is 0 Å². The second-order valence-electron chi connectivity index (χ2n) is 8.16. The molecule has 3 rings (SSSR count). The van der Waals surface area contributed by atoms with Crippen LogP contribution in [0.25, 0.3) is 0 Å². The van der Waals surface area contributed by atoms with Crippen molar-refractivity contribution in [2.24, 2.45) is 0 Å². The number of nitrogens with one attached hydrogen (secondary N) is 2. The lowest BCUT2D eigenvalue weighted by Crippen LogP contribution is -2.45. The summed E-state index contributed by atoms with van der Waals surface area (Å²) in [5.74, 6) is -1.08. The maximum atomic E-state index is 13.9. The van der Waals surface area contributed by atoms with Crippen LogP contribution in [-0.4, -0.2) is 50.9 Å². The van der Waals surface area contributed by atoms with Crippen LogP contribution < -0.4 is 14.8 Å². The Bertz CT molecular complexity index is 1120. The molecule has 2 amide bonds. The first-order valence-electron chi connectivity index (χ1n) is 11.3. The third-order valence-electron chi connectivity index (χ3n) is 5.68. The predicted octanol–water partition coefficient (Wildman–Crippen LogP) is 2.76. The highest BCUT2D eigenvalue weighted by molar-refractivity contribution is 7.89. The number of para-hydroxylation sites is 1. The first-order valence-corrected chi connectivity index (χ1v) is 12.8. The van der Waals surface area contributed by atoms with Crippen LogP contribution in [0.3, 0.4) is 0 Å². The smallest absolute Gasteiger partial charge is 0.260 e. The van der Waals surface area contributed by atoms with Crippen molar-refractivity contribution >= 4 is 21.8 Å². The minimum atomic E-state index is -4.23. The van der Waals surface area contributed by atoms with Gasteiger partial charge in [0.05, 0.1) is 12.1 Å². The Morgan fingerprint density at radius 1 is 1.09 bits per heavy atom. The number of nitrogens with zero attached hydrogens (tertiary/aromatic N) is 1. The van der Waals surface area contributed by atoms with Crippen molar-refractivity contribution in [1.82, 2.24) is 14.9 Å². The number of amides is 2. The van der Waals surface area contributed by atoms with Gasteiger partial charge in [0.25, 0.3) is 5.91 Å². The summed E-state index contributed by atoms with van der Waals surface area (Å²) in [6, 6.07) is 10.4. The quantitative estimate of drug-likeness (QED) is 0.532. The number of benzene rings is 2. The van der Waals surface area contributed by atoms with Crippen LogP contribution in [0, 0.1) is 5.82 Å². The molecule has 10 heteroatoms. The third kappa shape index (κ3) is 6.32. The molecule has 1 unspecified atom stereocenters. The molecule has 1 fully saturated rings. The van der Waals surface area contributed by atoms with Gasteiger partial charge in [-0.15, -0.1) is 0 Å². The molecule has 0 spiro atoms. The van der Waals surface area contributed by atoms with Gasteiger partial charge < -0.3 is 15.0 Å². The van der Waals surface area contributed by atoms with Gasteiger partial charge in [-0.1, -0.05) is 37.3 Å². The summed E-state index contributed by atoms with van der Waals surface area (Å²) in [6.07, 6.45) is 2.48. The van der Waals surface area contributed by atoms with Gasteiger partial charge >= 0.3 is 0 Å². The van der Waals surface area contributed by atoms with E-state index in [2.05, 4.69) is 10.0 Å². The third-order valence-corrected chi connectivity index (χ3v) is 7.25.